The molecule has 0 bridgehead atoms. The molecule has 0 aliphatic rings. The van der Waals surface area contributed by atoms with Crippen molar-refractivity contribution in [2.24, 2.45) is 0 Å². The lowest BCUT2D eigenvalue weighted by atomic mass is 10.3. The Morgan fingerprint density at radius 1 is 1.39 bits per heavy atom. The maximum Gasteiger partial charge on any atom is 0.246 e. The third-order valence-electron chi connectivity index (χ3n) is 2.48. The summed E-state index contributed by atoms with van der Waals surface area (Å²) >= 11 is 0. The number of H-pyrrole nitrogens is 1. The molecule has 1 aromatic carbocycles. The van der Waals surface area contributed by atoms with E-state index in [1.807, 2.05) is 18.2 Å². The van der Waals surface area contributed by atoms with E-state index >= 15 is 0 Å². The van der Waals surface area contributed by atoms with Crippen molar-refractivity contribution in [2.45, 2.75) is 13.5 Å². The fourth-order valence-corrected chi connectivity index (χ4v) is 1.68. The Labute approximate surface area is 102 Å². The zero-order valence-electron chi connectivity index (χ0n) is 9.77. The van der Waals surface area contributed by atoms with Crippen LogP contribution in [0.25, 0.3) is 11.0 Å². The molecule has 0 atom stereocenters. The minimum absolute atomic E-state index is 0.427. The van der Waals surface area contributed by atoms with Gasteiger partial charge in [0.25, 0.3) is 0 Å². The lowest BCUT2D eigenvalue weighted by molar-refractivity contribution is 0.379. The first-order valence-corrected chi connectivity index (χ1v) is 5.49. The third-order valence-corrected chi connectivity index (χ3v) is 2.48. The lowest BCUT2D eigenvalue weighted by Crippen LogP contribution is -2.01. The smallest absolute Gasteiger partial charge is 0.246 e. The number of nitrogens with two attached hydrogens (primary N) is 1. The summed E-state index contributed by atoms with van der Waals surface area (Å²) in [5.41, 5.74) is 8.14. The number of benzene rings is 1. The zero-order chi connectivity index (χ0) is 12.5. The monoisotopic (exact) mass is 244 g/mol. The summed E-state index contributed by atoms with van der Waals surface area (Å²) in [4.78, 5) is 11.6. The van der Waals surface area contributed by atoms with Crippen molar-refractivity contribution in [1.82, 2.24) is 20.1 Å². The number of anilines is 2. The minimum atomic E-state index is 0.427. The van der Waals surface area contributed by atoms with Crippen LogP contribution in [0.5, 0.6) is 0 Å². The fraction of sp³-hybridized carbons (Fsp3) is 0.182. The van der Waals surface area contributed by atoms with Gasteiger partial charge in [-0.2, -0.15) is 4.98 Å². The molecule has 92 valence electrons. The van der Waals surface area contributed by atoms with E-state index in [-0.39, 0.29) is 0 Å². The fourth-order valence-electron chi connectivity index (χ4n) is 1.68. The van der Waals surface area contributed by atoms with Crippen LogP contribution in [0.4, 0.5) is 11.6 Å². The number of nitrogens with one attached hydrogen (secondary N) is 2. The second-order valence-electron chi connectivity index (χ2n) is 3.95. The molecule has 0 spiro atoms. The number of nitrogen functional groups attached to an aromatic ring is 1. The highest BCUT2D eigenvalue weighted by Crippen LogP contribution is 2.17. The molecule has 3 rings (SSSR count). The van der Waals surface area contributed by atoms with Gasteiger partial charge in [0.1, 0.15) is 0 Å². The van der Waals surface area contributed by atoms with Gasteiger partial charge in [0.2, 0.25) is 11.8 Å². The van der Waals surface area contributed by atoms with Crippen LogP contribution in [0.3, 0.4) is 0 Å². The van der Waals surface area contributed by atoms with Crippen LogP contribution in [0.1, 0.15) is 11.7 Å². The summed E-state index contributed by atoms with van der Waals surface area (Å²) in [6.45, 7) is 2.20. The van der Waals surface area contributed by atoms with E-state index in [2.05, 4.69) is 25.4 Å². The second kappa shape index (κ2) is 4.02. The van der Waals surface area contributed by atoms with Crippen LogP contribution >= 0.6 is 0 Å². The normalized spacial score (nSPS) is 10.9. The molecule has 2 aromatic heterocycles. The van der Waals surface area contributed by atoms with E-state index in [4.69, 9.17) is 10.3 Å². The van der Waals surface area contributed by atoms with Crippen LogP contribution in [-0.2, 0) is 6.54 Å². The summed E-state index contributed by atoms with van der Waals surface area (Å²) in [7, 11) is 0. The number of nitrogens with zero attached hydrogens (tertiary/aromatic N) is 3. The van der Waals surface area contributed by atoms with E-state index < -0.39 is 0 Å². The Balaban J connectivity index is 1.78. The average Bonchev–Trinajstić information content (AvgIpc) is 2.92. The zero-order valence-corrected chi connectivity index (χ0v) is 9.77. The molecule has 7 heteroatoms. The molecule has 0 unspecified atom stereocenters. The number of imidazole rings is 1. The van der Waals surface area contributed by atoms with E-state index in [1.165, 1.54) is 0 Å². The Bertz CT molecular complexity index is 686. The van der Waals surface area contributed by atoms with Gasteiger partial charge in [0.15, 0.2) is 5.82 Å². The molecular formula is C11H12N6O. The molecule has 0 amide bonds. The molecule has 4 N–H and O–H groups in total. The Hall–Kier alpha value is -2.57. The molecule has 18 heavy (non-hydrogen) atoms. The summed E-state index contributed by atoms with van der Waals surface area (Å²) in [6, 6.07) is 5.52. The van der Waals surface area contributed by atoms with Gasteiger partial charge in [-0.05, 0) is 25.1 Å². The lowest BCUT2D eigenvalue weighted by Gasteiger charge is -1.96. The van der Waals surface area contributed by atoms with Crippen molar-refractivity contribution in [3.63, 3.8) is 0 Å². The van der Waals surface area contributed by atoms with Gasteiger partial charge in [-0.3, -0.25) is 0 Å². The average molecular weight is 244 g/mol. The third kappa shape index (κ3) is 1.97. The van der Waals surface area contributed by atoms with Crippen LogP contribution in [-0.4, -0.2) is 20.1 Å². The second-order valence-corrected chi connectivity index (χ2v) is 3.95. The maximum absolute atomic E-state index is 5.70. The van der Waals surface area contributed by atoms with E-state index in [0.717, 1.165) is 11.0 Å². The number of fused-ring (bicyclic) bond motifs is 1. The molecule has 0 aliphatic heterocycles. The van der Waals surface area contributed by atoms with Crippen molar-refractivity contribution < 1.29 is 4.52 Å². The standard InChI is InChI=1S/C11H12N6O/c1-6-14-10(18-17-6)5-13-11-15-8-3-2-7(12)4-9(8)16-11/h2-4H,5,12H2,1H3,(H2,13,15,16). The van der Waals surface area contributed by atoms with Gasteiger partial charge < -0.3 is 20.6 Å². The highest BCUT2D eigenvalue weighted by molar-refractivity contribution is 5.80. The number of rotatable bonds is 3. The first kappa shape index (κ1) is 10.6. The quantitative estimate of drug-likeness (QED) is 0.602. The van der Waals surface area contributed by atoms with E-state index in [1.54, 1.807) is 6.92 Å². The minimum Gasteiger partial charge on any atom is -0.399 e. The van der Waals surface area contributed by atoms with Crippen LogP contribution in [0.2, 0.25) is 0 Å². The van der Waals surface area contributed by atoms with E-state index in [0.29, 0.717) is 29.9 Å². The molecule has 2 heterocycles. The number of aromatic nitrogens is 4. The number of hydrogen-bond donors (Lipinski definition) is 3. The van der Waals surface area contributed by atoms with Crippen molar-refractivity contribution in [3.05, 3.63) is 29.9 Å². The SMILES string of the molecule is Cc1noc(CNc2nc3ccc(N)cc3[nH]2)n1. The molecule has 0 saturated carbocycles. The van der Waals surface area contributed by atoms with Crippen molar-refractivity contribution >= 4 is 22.7 Å². The predicted octanol–water partition coefficient (Wildman–Crippen LogP) is 1.45. The van der Waals surface area contributed by atoms with Gasteiger partial charge in [0, 0.05) is 5.69 Å². The Kier molecular flexibility index (Phi) is 2.36. The molecule has 0 fully saturated rings. The van der Waals surface area contributed by atoms with Crippen LogP contribution < -0.4 is 11.1 Å². The molecule has 3 aromatic rings. The predicted molar refractivity (Wildman–Crippen MR) is 66.9 cm³/mol. The molecular weight excluding hydrogens is 232 g/mol. The summed E-state index contributed by atoms with van der Waals surface area (Å²) in [5.74, 6) is 1.78. The first-order valence-electron chi connectivity index (χ1n) is 5.49. The van der Waals surface area contributed by atoms with E-state index in [9.17, 15) is 0 Å². The highest BCUT2D eigenvalue weighted by Gasteiger charge is 2.05. The summed E-state index contributed by atoms with van der Waals surface area (Å²) < 4.78 is 4.99. The van der Waals surface area contributed by atoms with Gasteiger partial charge in [-0.25, -0.2) is 4.98 Å². The molecule has 0 aliphatic carbocycles. The Morgan fingerprint density at radius 3 is 3.06 bits per heavy atom. The summed E-state index contributed by atoms with van der Waals surface area (Å²) in [5, 5.41) is 6.79. The van der Waals surface area contributed by atoms with Crippen LogP contribution in [0, 0.1) is 6.92 Å². The number of aryl methyl sites for hydroxylation is 1. The van der Waals surface area contributed by atoms with Crippen molar-refractivity contribution in [3.8, 4) is 0 Å². The maximum atomic E-state index is 5.70. The van der Waals surface area contributed by atoms with Gasteiger partial charge in [-0.15, -0.1) is 0 Å². The highest BCUT2D eigenvalue weighted by atomic mass is 16.5. The Morgan fingerprint density at radius 2 is 2.28 bits per heavy atom. The molecule has 7 nitrogen and oxygen atoms in total. The van der Waals surface area contributed by atoms with Gasteiger partial charge >= 0.3 is 0 Å². The van der Waals surface area contributed by atoms with Crippen molar-refractivity contribution in [1.29, 1.82) is 0 Å². The number of hydrogen-bond acceptors (Lipinski definition) is 6. The molecule has 0 saturated heterocycles. The number of aromatic amines is 1. The topological polar surface area (TPSA) is 106 Å². The van der Waals surface area contributed by atoms with Crippen molar-refractivity contribution in [2.75, 3.05) is 11.1 Å². The first-order chi connectivity index (χ1) is 8.70. The molecule has 0 radical (unpaired) electrons. The van der Waals surface area contributed by atoms with Gasteiger partial charge in [-0.1, -0.05) is 5.16 Å². The summed E-state index contributed by atoms with van der Waals surface area (Å²) in [6.07, 6.45) is 0. The van der Waals surface area contributed by atoms with Gasteiger partial charge in [0.05, 0.1) is 17.6 Å². The largest absolute Gasteiger partial charge is 0.399 e. The van der Waals surface area contributed by atoms with Crippen LogP contribution in [0.15, 0.2) is 22.7 Å².